The lowest BCUT2D eigenvalue weighted by Gasteiger charge is -2.14. The minimum absolute atomic E-state index is 0.107. The second kappa shape index (κ2) is 4.61. The highest BCUT2D eigenvalue weighted by molar-refractivity contribution is 7.90. The Morgan fingerprint density at radius 1 is 1.33 bits per heavy atom. The number of fused-ring (bicyclic) bond motifs is 1. The van der Waals surface area contributed by atoms with Gasteiger partial charge in [-0.2, -0.15) is 0 Å². The van der Waals surface area contributed by atoms with E-state index in [0.717, 1.165) is 10.7 Å². The van der Waals surface area contributed by atoms with E-state index in [4.69, 9.17) is 0 Å². The number of nitrogens with one attached hydrogen (secondary N) is 1. The van der Waals surface area contributed by atoms with Crippen molar-refractivity contribution in [2.24, 2.45) is 0 Å². The van der Waals surface area contributed by atoms with E-state index in [9.17, 15) is 13.2 Å². The Bertz CT molecular complexity index is 581. The summed E-state index contributed by atoms with van der Waals surface area (Å²) in [5.41, 5.74) is 0.816. The molecule has 1 amide bonds. The molecule has 0 bridgehead atoms. The van der Waals surface area contributed by atoms with E-state index in [1.807, 2.05) is 6.92 Å². The van der Waals surface area contributed by atoms with Crippen molar-refractivity contribution in [1.82, 2.24) is 4.31 Å². The standard InChI is InChI=1S/C12H16N2O3S/c1-3-4-8-14-12(15)11-9(13-2)6-5-7-10(11)18(14,16)17/h5-7,13H,3-4,8H2,1-2H3. The maximum Gasteiger partial charge on any atom is 0.271 e. The number of anilines is 1. The van der Waals surface area contributed by atoms with Crippen LogP contribution in [0.1, 0.15) is 30.1 Å². The van der Waals surface area contributed by atoms with E-state index in [2.05, 4.69) is 5.32 Å². The van der Waals surface area contributed by atoms with Crippen molar-refractivity contribution in [3.8, 4) is 0 Å². The van der Waals surface area contributed by atoms with E-state index in [0.29, 0.717) is 12.1 Å². The lowest BCUT2D eigenvalue weighted by molar-refractivity contribution is 0.0871. The monoisotopic (exact) mass is 268 g/mol. The van der Waals surface area contributed by atoms with Crippen LogP contribution in [0.15, 0.2) is 23.1 Å². The summed E-state index contributed by atoms with van der Waals surface area (Å²) in [4.78, 5) is 12.3. The second-order valence-electron chi connectivity index (χ2n) is 4.16. The molecule has 1 heterocycles. The van der Waals surface area contributed by atoms with E-state index < -0.39 is 15.9 Å². The molecule has 1 aliphatic heterocycles. The Balaban J connectivity index is 2.54. The highest BCUT2D eigenvalue weighted by Gasteiger charge is 2.42. The van der Waals surface area contributed by atoms with Gasteiger partial charge >= 0.3 is 0 Å². The third kappa shape index (κ3) is 1.77. The van der Waals surface area contributed by atoms with Gasteiger partial charge in [-0.25, -0.2) is 12.7 Å². The molecule has 1 N–H and O–H groups in total. The predicted octanol–water partition coefficient (Wildman–Crippen LogP) is 1.67. The van der Waals surface area contributed by atoms with Gasteiger partial charge in [-0.1, -0.05) is 19.4 Å². The fourth-order valence-electron chi connectivity index (χ4n) is 2.05. The van der Waals surface area contributed by atoms with Crippen LogP contribution < -0.4 is 5.32 Å². The molecule has 18 heavy (non-hydrogen) atoms. The molecule has 2 rings (SSSR count). The molecule has 0 saturated carbocycles. The molecule has 6 heteroatoms. The van der Waals surface area contributed by atoms with Crippen molar-refractivity contribution in [2.75, 3.05) is 18.9 Å². The largest absolute Gasteiger partial charge is 0.387 e. The third-order valence-electron chi connectivity index (χ3n) is 3.02. The van der Waals surface area contributed by atoms with E-state index in [-0.39, 0.29) is 17.0 Å². The number of benzene rings is 1. The van der Waals surface area contributed by atoms with Crippen LogP contribution in [0.4, 0.5) is 5.69 Å². The number of nitrogens with zero attached hydrogens (tertiary/aromatic N) is 1. The van der Waals surface area contributed by atoms with Gasteiger partial charge in [0.05, 0.1) is 5.56 Å². The summed E-state index contributed by atoms with van der Waals surface area (Å²) in [5, 5.41) is 2.86. The molecule has 1 aromatic carbocycles. The molecule has 0 spiro atoms. The van der Waals surface area contributed by atoms with E-state index in [1.165, 1.54) is 6.07 Å². The SMILES string of the molecule is CCCCN1C(=O)c2c(NC)cccc2S1(=O)=O. The lowest BCUT2D eigenvalue weighted by Crippen LogP contribution is -2.31. The molecule has 0 atom stereocenters. The number of sulfonamides is 1. The van der Waals surface area contributed by atoms with Crippen molar-refractivity contribution in [3.05, 3.63) is 23.8 Å². The van der Waals surface area contributed by atoms with E-state index in [1.54, 1.807) is 19.2 Å². The smallest absolute Gasteiger partial charge is 0.271 e. The molecule has 0 saturated heterocycles. The summed E-state index contributed by atoms with van der Waals surface area (Å²) >= 11 is 0. The van der Waals surface area contributed by atoms with Gasteiger partial charge in [0.15, 0.2) is 0 Å². The van der Waals surface area contributed by atoms with Crippen molar-refractivity contribution in [1.29, 1.82) is 0 Å². The number of unbranched alkanes of at least 4 members (excludes halogenated alkanes) is 1. The molecule has 1 aromatic rings. The molecule has 0 unspecified atom stereocenters. The zero-order valence-electron chi connectivity index (χ0n) is 10.4. The Morgan fingerprint density at radius 3 is 2.67 bits per heavy atom. The van der Waals surface area contributed by atoms with Crippen LogP contribution in [0.5, 0.6) is 0 Å². The van der Waals surface area contributed by atoms with Crippen molar-refractivity contribution in [3.63, 3.8) is 0 Å². The second-order valence-corrected chi connectivity index (χ2v) is 6.00. The topological polar surface area (TPSA) is 66.5 Å². The summed E-state index contributed by atoms with van der Waals surface area (Å²) in [6.07, 6.45) is 1.52. The summed E-state index contributed by atoms with van der Waals surface area (Å²) in [6, 6.07) is 4.82. The van der Waals surface area contributed by atoms with Crippen LogP contribution in [0.25, 0.3) is 0 Å². The summed E-state index contributed by atoms with van der Waals surface area (Å²) in [6.45, 7) is 2.20. The molecule has 0 aliphatic carbocycles. The fourth-order valence-corrected chi connectivity index (χ4v) is 3.67. The Hall–Kier alpha value is -1.56. The van der Waals surface area contributed by atoms with E-state index >= 15 is 0 Å². The molecular formula is C12H16N2O3S. The number of carbonyl (C=O) groups excluding carboxylic acids is 1. The average Bonchev–Trinajstić information content (AvgIpc) is 2.56. The third-order valence-corrected chi connectivity index (χ3v) is 4.84. The maximum absolute atomic E-state index is 12.2. The molecular weight excluding hydrogens is 252 g/mol. The average molecular weight is 268 g/mol. The highest BCUT2D eigenvalue weighted by atomic mass is 32.2. The van der Waals surface area contributed by atoms with Gasteiger partial charge in [-0.3, -0.25) is 4.79 Å². The molecule has 1 aliphatic rings. The summed E-state index contributed by atoms with van der Waals surface area (Å²) in [5.74, 6) is -0.427. The highest BCUT2D eigenvalue weighted by Crippen LogP contribution is 2.34. The summed E-state index contributed by atoms with van der Waals surface area (Å²) < 4.78 is 25.5. The number of carbonyl (C=O) groups is 1. The Kier molecular flexibility index (Phi) is 3.30. The van der Waals surface area contributed by atoms with Gasteiger partial charge < -0.3 is 5.32 Å². The first kappa shape index (κ1) is 12.9. The molecule has 0 radical (unpaired) electrons. The van der Waals surface area contributed by atoms with Crippen molar-refractivity contribution >= 4 is 21.6 Å². The molecule has 5 nitrogen and oxygen atoms in total. The number of hydrogen-bond donors (Lipinski definition) is 1. The van der Waals surface area contributed by atoms with Crippen LogP contribution in [-0.2, 0) is 10.0 Å². The zero-order chi connectivity index (χ0) is 13.3. The Labute approximate surface area is 107 Å². The van der Waals surface area contributed by atoms with Gasteiger partial charge in [0.25, 0.3) is 15.9 Å². The zero-order valence-corrected chi connectivity index (χ0v) is 11.3. The van der Waals surface area contributed by atoms with Crippen molar-refractivity contribution in [2.45, 2.75) is 24.7 Å². The summed E-state index contributed by atoms with van der Waals surface area (Å²) in [7, 11) is -1.99. The van der Waals surface area contributed by atoms with Gasteiger partial charge in [0, 0.05) is 19.3 Å². The van der Waals surface area contributed by atoms with Crippen LogP contribution in [0.2, 0.25) is 0 Å². The molecule has 98 valence electrons. The minimum Gasteiger partial charge on any atom is -0.387 e. The number of rotatable bonds is 4. The first-order chi connectivity index (χ1) is 8.54. The van der Waals surface area contributed by atoms with Gasteiger partial charge in [0.2, 0.25) is 0 Å². The first-order valence-electron chi connectivity index (χ1n) is 5.92. The predicted molar refractivity (Wildman–Crippen MR) is 69.1 cm³/mol. The van der Waals surface area contributed by atoms with Crippen LogP contribution >= 0.6 is 0 Å². The minimum atomic E-state index is -3.66. The van der Waals surface area contributed by atoms with Crippen LogP contribution in [0.3, 0.4) is 0 Å². The van der Waals surface area contributed by atoms with Crippen LogP contribution in [-0.4, -0.2) is 32.2 Å². The first-order valence-corrected chi connectivity index (χ1v) is 7.36. The molecule has 0 aromatic heterocycles. The van der Waals surface area contributed by atoms with Gasteiger partial charge in [-0.05, 0) is 18.6 Å². The van der Waals surface area contributed by atoms with Gasteiger partial charge in [-0.15, -0.1) is 0 Å². The van der Waals surface area contributed by atoms with Crippen LogP contribution in [0, 0.1) is 0 Å². The lowest BCUT2D eigenvalue weighted by atomic mass is 10.1. The Morgan fingerprint density at radius 2 is 2.06 bits per heavy atom. The number of hydrogen-bond acceptors (Lipinski definition) is 4. The fraction of sp³-hybridized carbons (Fsp3) is 0.417. The number of amides is 1. The van der Waals surface area contributed by atoms with Crippen molar-refractivity contribution < 1.29 is 13.2 Å². The van der Waals surface area contributed by atoms with Gasteiger partial charge in [0.1, 0.15) is 4.90 Å². The quantitative estimate of drug-likeness (QED) is 0.902. The normalized spacial score (nSPS) is 16.8. The maximum atomic E-state index is 12.2. The molecule has 0 fully saturated rings.